The molecule has 0 aromatic rings. The maximum absolute atomic E-state index is 0. The molecular formula is Fe68O6+192. The average Bonchev–Trinajstić information content (AvgIpc) is 0. The van der Waals surface area contributed by atoms with E-state index in [0.717, 1.165) is 0 Å². The van der Waals surface area contributed by atoms with Gasteiger partial charge in [-0.25, -0.2) is 0 Å². The van der Waals surface area contributed by atoms with Crippen LogP contribution in [0.25, 0.3) is 0 Å². The van der Waals surface area contributed by atoms with E-state index in [9.17, 15) is 0 Å². The molecule has 68 radical (unpaired) electrons. The van der Waals surface area contributed by atoms with Gasteiger partial charge in [-0.3, -0.25) is 0 Å². The van der Waals surface area contributed by atoms with E-state index in [0.29, 0.717) is 0 Å². The Morgan fingerprint density at radius 3 is 0.0270 bits per heavy atom. The Kier molecular flexibility index (Phi) is 14100. The topological polar surface area (TPSA) is 171 Å². The van der Waals surface area contributed by atoms with Crippen LogP contribution in [0.4, 0.5) is 0 Å². The molecule has 0 rings (SSSR count). The zero-order valence-electron chi connectivity index (χ0n) is 26.5. The first-order valence-corrected chi connectivity index (χ1v) is 0. The Hall–Kier alpha value is 35.1. The summed E-state index contributed by atoms with van der Waals surface area (Å²) in [6.45, 7) is 0. The molecule has 0 unspecified atom stereocenters. The van der Waals surface area contributed by atoms with E-state index in [1.807, 2.05) is 0 Å². The van der Waals surface area contributed by atoms with Gasteiger partial charge in [0.2, 0.25) is 0 Å². The minimum atomic E-state index is 0. The Labute approximate surface area is 1160 Å². The van der Waals surface area contributed by atoms with E-state index in [-0.39, 0.29) is 1190 Å². The number of hydrogen-bond donors (Lipinski definition) is 0. The fourth-order valence-electron chi connectivity index (χ4n) is 0. The monoisotopic (exact) mass is 3900 g/mol. The molecule has 0 atom stereocenters. The maximum atomic E-state index is 0. The molecule has 74 heavy (non-hydrogen) atoms. The minimum Gasteiger partial charge on any atom is -2.00 e. The fourth-order valence-corrected chi connectivity index (χ4v) is 0. The van der Waals surface area contributed by atoms with Crippen molar-refractivity contribution in [3.05, 3.63) is 0 Å². The van der Waals surface area contributed by atoms with Gasteiger partial charge in [-0.05, 0) is 0 Å². The molecule has 0 bridgehead atoms. The van der Waals surface area contributed by atoms with Crippen molar-refractivity contribution in [3.63, 3.8) is 0 Å². The second-order valence-corrected chi connectivity index (χ2v) is 0. The third-order valence-electron chi connectivity index (χ3n) is 0. The van der Waals surface area contributed by atoms with Gasteiger partial charge in [-0.2, -0.15) is 0 Å². The van der Waals surface area contributed by atoms with Gasteiger partial charge in [-0.1, -0.05) is 0 Å². The normalized spacial score (nSPS) is 0. The fraction of sp³-hybridized carbons (Fsp3) is 0. The van der Waals surface area contributed by atoms with Crippen LogP contribution in [0.15, 0.2) is 0 Å². The van der Waals surface area contributed by atoms with Crippen LogP contribution in [0.5, 0.6) is 0 Å². The van der Waals surface area contributed by atoms with Crippen LogP contribution in [0.2, 0.25) is 0 Å². The SMILES string of the molecule is [Fe+3].[Fe+3].[Fe+3].[Fe+3].[Fe+3].[Fe+3].[Fe+3].[Fe+3].[Fe+3].[Fe+3].[Fe+3].[Fe+3].[Fe+3].[Fe+3].[Fe+3].[Fe+3].[Fe+3].[Fe+3].[Fe+3].[Fe+3].[Fe+3].[Fe+3].[Fe+3].[Fe+3].[Fe+3].[Fe+3].[Fe+3].[Fe+3].[Fe+3].[Fe+3].[Fe+3].[Fe+3].[Fe+3].[Fe+3].[Fe+3].[Fe+3].[Fe+3].[Fe+3].[Fe+3].[Fe+3].[Fe+3].[Fe+3].[Fe+3].[Fe+3].[Fe+3].[Fe+3].[Fe+3].[Fe+3].[Fe+3].[Fe+3].[Fe+3].[Fe+3].[Fe+3].[Fe+3].[Fe+3].[Fe+3].[Fe+3].[Fe+3].[Fe+3].[Fe+3].[Fe+3].[Fe+3].[Fe+3].[Fe+3].[Fe+3].[Fe+3].[Fe+3].[Fe+3].[O-2].[O-2].[O-2].[O-2].[O-2].[O-2]. The standard InChI is InChI=1S/68Fe.6O/q68*+3;6*-2. The third kappa shape index (κ3) is 979. The van der Waals surface area contributed by atoms with Gasteiger partial charge >= 0.3 is 1160 Å². The van der Waals surface area contributed by atoms with Gasteiger partial charge in [0.1, 0.15) is 0 Å². The van der Waals surface area contributed by atoms with Crippen LogP contribution in [0.1, 0.15) is 0 Å². The Morgan fingerprint density at radius 2 is 0.0270 bits per heavy atom. The first-order chi connectivity index (χ1) is 0. The van der Waals surface area contributed by atoms with Crippen molar-refractivity contribution in [1.29, 1.82) is 0 Å². The molecule has 0 amide bonds. The molecule has 0 spiro atoms. The molecule has 0 fully saturated rings. The molecule has 0 aliphatic heterocycles. The summed E-state index contributed by atoms with van der Waals surface area (Å²) in [6.07, 6.45) is 0. The second-order valence-electron chi connectivity index (χ2n) is 0. The van der Waals surface area contributed by atoms with Crippen molar-refractivity contribution in [2.45, 2.75) is 0 Å². The van der Waals surface area contributed by atoms with Crippen molar-refractivity contribution >= 4 is 0 Å². The van der Waals surface area contributed by atoms with E-state index in [2.05, 4.69) is 0 Å². The molecule has 0 aliphatic carbocycles. The van der Waals surface area contributed by atoms with E-state index < -0.39 is 0 Å². The van der Waals surface area contributed by atoms with Crippen LogP contribution in [0.3, 0.4) is 0 Å². The van der Waals surface area contributed by atoms with Gasteiger partial charge in [0.15, 0.2) is 0 Å². The summed E-state index contributed by atoms with van der Waals surface area (Å²) in [6, 6.07) is 0. The van der Waals surface area contributed by atoms with E-state index in [1.54, 1.807) is 0 Å². The first-order valence-electron chi connectivity index (χ1n) is 0. The first kappa shape index (κ1) is 1040. The van der Waals surface area contributed by atoms with Crippen LogP contribution < -0.4 is 0 Å². The molecule has 74 heteroatoms. The smallest absolute Gasteiger partial charge is 2.00 e. The summed E-state index contributed by atoms with van der Waals surface area (Å²) in [5.41, 5.74) is 0. The van der Waals surface area contributed by atoms with Crippen LogP contribution in [0, 0.1) is 0 Å². The number of hydrogen-bond acceptors (Lipinski definition) is 0. The van der Waals surface area contributed by atoms with Gasteiger partial charge in [0.05, 0.1) is 0 Å². The molecule has 6 nitrogen and oxygen atoms in total. The van der Waals surface area contributed by atoms with E-state index in [4.69, 9.17) is 0 Å². The summed E-state index contributed by atoms with van der Waals surface area (Å²) < 4.78 is 0. The zero-order chi connectivity index (χ0) is 0. The zero-order valence-corrected chi connectivity index (χ0v) is 102. The van der Waals surface area contributed by atoms with Crippen molar-refractivity contribution in [2.24, 2.45) is 0 Å². The van der Waals surface area contributed by atoms with Gasteiger partial charge in [0.25, 0.3) is 0 Å². The van der Waals surface area contributed by atoms with Crippen molar-refractivity contribution < 1.29 is 1190 Å². The van der Waals surface area contributed by atoms with Crippen molar-refractivity contribution in [3.8, 4) is 0 Å². The maximum Gasteiger partial charge on any atom is 3.00 e. The van der Waals surface area contributed by atoms with E-state index >= 15 is 0 Å². The van der Waals surface area contributed by atoms with Crippen LogP contribution >= 0.6 is 0 Å². The molecule has 0 aromatic heterocycles. The predicted molar refractivity (Wildman–Crippen MR) is 4.12 cm³/mol. The quantitative estimate of drug-likeness (QED) is 0.275. The average molecular weight is 3890 g/mol. The summed E-state index contributed by atoms with van der Waals surface area (Å²) in [7, 11) is 0. The molecule has 0 heterocycles. The molecule has 0 aromatic carbocycles. The largest absolute Gasteiger partial charge is 3.00 e. The molecular weight excluding hydrogens is 3890 g/mol. The van der Waals surface area contributed by atoms with Gasteiger partial charge in [0, 0.05) is 0 Å². The van der Waals surface area contributed by atoms with Gasteiger partial charge < -0.3 is 32.9 Å². The third-order valence-corrected chi connectivity index (χ3v) is 0. The summed E-state index contributed by atoms with van der Waals surface area (Å²) >= 11 is 0. The van der Waals surface area contributed by atoms with Crippen molar-refractivity contribution in [2.75, 3.05) is 0 Å². The molecule has 0 saturated heterocycles. The predicted octanol–water partition coefficient (Wildman–Crippen LogP) is -0.883. The summed E-state index contributed by atoms with van der Waals surface area (Å²) in [5, 5.41) is 0. The number of rotatable bonds is 0. The molecule has 0 aliphatic rings. The Balaban J connectivity index is 0. The Bertz CT molecular complexity index is 30.0. The summed E-state index contributed by atoms with van der Waals surface area (Å²) in [5.74, 6) is 0. The molecule has 0 saturated carbocycles. The Morgan fingerprint density at radius 1 is 0.0270 bits per heavy atom. The minimum absolute atomic E-state index is 0. The second kappa shape index (κ2) is 1010. The molecule has 388 valence electrons. The van der Waals surface area contributed by atoms with Crippen molar-refractivity contribution in [1.82, 2.24) is 0 Å². The van der Waals surface area contributed by atoms with Gasteiger partial charge in [-0.15, -0.1) is 0 Å². The molecule has 0 N–H and O–H groups in total. The van der Waals surface area contributed by atoms with Crippen LogP contribution in [-0.2, 0) is 1190 Å². The van der Waals surface area contributed by atoms with Crippen LogP contribution in [-0.4, -0.2) is 0 Å². The van der Waals surface area contributed by atoms with E-state index in [1.165, 1.54) is 0 Å². The summed E-state index contributed by atoms with van der Waals surface area (Å²) in [4.78, 5) is 0.